The maximum Gasteiger partial charge on any atom is 0.228 e. The summed E-state index contributed by atoms with van der Waals surface area (Å²) in [6.45, 7) is 10.0. The number of hydrogen-bond acceptors (Lipinski definition) is 2. The van der Waals surface area contributed by atoms with Crippen LogP contribution >= 0.6 is 0 Å². The first kappa shape index (κ1) is 15.1. The Labute approximate surface area is 115 Å². The summed E-state index contributed by atoms with van der Waals surface area (Å²) in [5.41, 5.74) is 5.47. The number of carbonyl (C=O) groups excluding carboxylic acids is 1. The predicted molar refractivity (Wildman–Crippen MR) is 78.8 cm³/mol. The van der Waals surface area contributed by atoms with Crippen molar-refractivity contribution in [3.8, 4) is 0 Å². The average molecular weight is 259 g/mol. The minimum Gasteiger partial charge on any atom is -0.489 e. The Bertz CT molecular complexity index is 509. The minimum absolute atomic E-state index is 0.0312. The Kier molecular flexibility index (Phi) is 5.40. The maximum atomic E-state index is 11.1. The number of carbonyl (C=O) groups is 1. The smallest absolute Gasteiger partial charge is 0.228 e. The number of rotatable bonds is 2. The zero-order valence-corrected chi connectivity index (χ0v) is 12.0. The van der Waals surface area contributed by atoms with Crippen LogP contribution in [0, 0.1) is 5.92 Å². The fraction of sp³-hybridized carbons (Fsp3) is 0.375. The molecule has 1 aromatic carbocycles. The molecule has 0 atom stereocenters. The molecule has 0 radical (unpaired) electrons. The average Bonchev–Trinajstić information content (AvgIpc) is 2.69. The number of amides is 1. The van der Waals surface area contributed by atoms with Gasteiger partial charge >= 0.3 is 0 Å². The van der Waals surface area contributed by atoms with Crippen molar-refractivity contribution in [1.82, 2.24) is 0 Å². The molecule has 0 spiro atoms. The molecule has 0 bridgehead atoms. The number of fused-ring (bicyclic) bond motifs is 1. The monoisotopic (exact) mass is 259 g/mol. The molecular weight excluding hydrogens is 238 g/mol. The Morgan fingerprint density at radius 1 is 1.42 bits per heavy atom. The van der Waals surface area contributed by atoms with E-state index in [-0.39, 0.29) is 5.91 Å². The third kappa shape index (κ3) is 4.31. The number of nitrogens with one attached hydrogen (secondary N) is 1. The second kappa shape index (κ2) is 6.81. The van der Waals surface area contributed by atoms with E-state index in [0.29, 0.717) is 12.2 Å². The quantitative estimate of drug-likeness (QED) is 0.650. The third-order valence-corrected chi connectivity index (χ3v) is 2.36. The molecule has 1 heterocycles. The van der Waals surface area contributed by atoms with Gasteiger partial charge in [-0.3, -0.25) is 4.79 Å². The van der Waals surface area contributed by atoms with Crippen molar-refractivity contribution in [2.24, 2.45) is 5.92 Å². The molecular formula is C16H21NO2. The van der Waals surface area contributed by atoms with Crippen LogP contribution in [-0.4, -0.2) is 13.0 Å². The standard InChI is InChI=1S/C12H11NO2.C4H10/c1-3-11(15-2)8-4-5-10-9(6-8)7-12(14)13-10;1-4(2)3/h4-6H,1,7H2,2H3,(H,13,14);4H,1-3H3. The van der Waals surface area contributed by atoms with Crippen LogP contribution in [0.3, 0.4) is 0 Å². The van der Waals surface area contributed by atoms with Gasteiger partial charge in [-0.2, -0.15) is 0 Å². The van der Waals surface area contributed by atoms with E-state index in [1.165, 1.54) is 0 Å². The maximum absolute atomic E-state index is 11.1. The Balaban J connectivity index is 0.000000399. The summed E-state index contributed by atoms with van der Waals surface area (Å²) in [4.78, 5) is 11.1. The summed E-state index contributed by atoms with van der Waals surface area (Å²) >= 11 is 0. The van der Waals surface area contributed by atoms with Crippen molar-refractivity contribution in [2.45, 2.75) is 27.2 Å². The van der Waals surface area contributed by atoms with Crippen LogP contribution in [0.2, 0.25) is 0 Å². The highest BCUT2D eigenvalue weighted by Crippen LogP contribution is 2.26. The van der Waals surface area contributed by atoms with Crippen LogP contribution < -0.4 is 5.32 Å². The Morgan fingerprint density at radius 3 is 2.58 bits per heavy atom. The van der Waals surface area contributed by atoms with Crippen LogP contribution in [-0.2, 0) is 16.0 Å². The molecule has 1 amide bonds. The highest BCUT2D eigenvalue weighted by molar-refractivity contribution is 5.99. The normalized spacial score (nSPS) is 11.9. The highest BCUT2D eigenvalue weighted by atomic mass is 16.5. The Hall–Kier alpha value is -1.99. The lowest BCUT2D eigenvalue weighted by atomic mass is 10.1. The van der Waals surface area contributed by atoms with E-state index in [0.717, 1.165) is 22.7 Å². The number of hydrogen-bond donors (Lipinski definition) is 1. The van der Waals surface area contributed by atoms with Crippen molar-refractivity contribution in [3.05, 3.63) is 41.6 Å². The molecule has 0 fully saturated rings. The van der Waals surface area contributed by atoms with Gasteiger partial charge in [-0.25, -0.2) is 0 Å². The molecule has 102 valence electrons. The van der Waals surface area contributed by atoms with E-state index in [2.05, 4.69) is 38.4 Å². The van der Waals surface area contributed by atoms with E-state index in [9.17, 15) is 4.79 Å². The van der Waals surface area contributed by atoms with Gasteiger partial charge < -0.3 is 10.1 Å². The van der Waals surface area contributed by atoms with E-state index in [1.807, 2.05) is 18.2 Å². The van der Waals surface area contributed by atoms with Crippen LogP contribution in [0.15, 0.2) is 30.5 Å². The first-order valence-corrected chi connectivity index (χ1v) is 6.35. The summed E-state index contributed by atoms with van der Waals surface area (Å²) in [5, 5.41) is 2.77. The SMILES string of the molecule is C=C=C(OC)c1ccc2c(c1)CC(=O)N2.CC(C)C. The molecule has 0 aromatic heterocycles. The number of anilines is 1. The van der Waals surface area contributed by atoms with Crippen molar-refractivity contribution >= 4 is 17.4 Å². The second-order valence-corrected chi connectivity index (χ2v) is 5.04. The molecule has 0 saturated heterocycles. The predicted octanol–water partition coefficient (Wildman–Crippen LogP) is 3.62. The van der Waals surface area contributed by atoms with Gasteiger partial charge in [0.05, 0.1) is 13.5 Å². The topological polar surface area (TPSA) is 38.3 Å². The van der Waals surface area contributed by atoms with E-state index in [1.54, 1.807) is 7.11 Å². The number of methoxy groups -OCH3 is 1. The fourth-order valence-electron chi connectivity index (χ4n) is 1.66. The lowest BCUT2D eigenvalue weighted by molar-refractivity contribution is -0.115. The van der Waals surface area contributed by atoms with Crippen LogP contribution in [0.1, 0.15) is 31.9 Å². The summed E-state index contributed by atoms with van der Waals surface area (Å²) in [7, 11) is 1.57. The van der Waals surface area contributed by atoms with Gasteiger partial charge in [0.25, 0.3) is 0 Å². The first-order valence-electron chi connectivity index (χ1n) is 6.35. The van der Waals surface area contributed by atoms with Crippen molar-refractivity contribution in [2.75, 3.05) is 12.4 Å². The Morgan fingerprint density at radius 2 is 2.05 bits per heavy atom. The van der Waals surface area contributed by atoms with E-state index < -0.39 is 0 Å². The highest BCUT2D eigenvalue weighted by Gasteiger charge is 2.18. The van der Waals surface area contributed by atoms with Crippen molar-refractivity contribution in [3.63, 3.8) is 0 Å². The van der Waals surface area contributed by atoms with Crippen molar-refractivity contribution < 1.29 is 9.53 Å². The molecule has 1 aliphatic heterocycles. The minimum atomic E-state index is 0.0312. The summed E-state index contributed by atoms with van der Waals surface area (Å²) < 4.78 is 5.11. The molecule has 0 saturated carbocycles. The molecule has 1 N–H and O–H groups in total. The van der Waals surface area contributed by atoms with Gasteiger partial charge in [-0.15, -0.1) is 0 Å². The van der Waals surface area contributed by atoms with Gasteiger partial charge in [0.1, 0.15) is 0 Å². The number of benzene rings is 1. The zero-order valence-electron chi connectivity index (χ0n) is 12.0. The molecule has 1 aliphatic rings. The molecule has 19 heavy (non-hydrogen) atoms. The first-order chi connectivity index (χ1) is 8.97. The lowest BCUT2D eigenvalue weighted by Gasteiger charge is -2.05. The molecule has 3 heteroatoms. The second-order valence-electron chi connectivity index (χ2n) is 5.04. The summed E-state index contributed by atoms with van der Waals surface area (Å²) in [6.07, 6.45) is 0.428. The molecule has 1 aromatic rings. The van der Waals surface area contributed by atoms with E-state index in [4.69, 9.17) is 4.74 Å². The fourth-order valence-corrected chi connectivity index (χ4v) is 1.66. The van der Waals surface area contributed by atoms with Gasteiger partial charge in [0, 0.05) is 11.3 Å². The third-order valence-electron chi connectivity index (χ3n) is 2.36. The van der Waals surface area contributed by atoms with Gasteiger partial charge in [-0.1, -0.05) is 33.1 Å². The largest absolute Gasteiger partial charge is 0.489 e. The van der Waals surface area contributed by atoms with E-state index >= 15 is 0 Å². The molecule has 0 unspecified atom stereocenters. The van der Waals surface area contributed by atoms with Crippen LogP contribution in [0.25, 0.3) is 5.76 Å². The summed E-state index contributed by atoms with van der Waals surface area (Å²) in [5.74, 6) is 1.46. The van der Waals surface area contributed by atoms with Crippen molar-refractivity contribution in [1.29, 1.82) is 0 Å². The van der Waals surface area contributed by atoms with Gasteiger partial charge in [0.15, 0.2) is 5.76 Å². The van der Waals surface area contributed by atoms with Crippen LogP contribution in [0.4, 0.5) is 5.69 Å². The molecule has 3 nitrogen and oxygen atoms in total. The molecule has 2 rings (SSSR count). The summed E-state index contributed by atoms with van der Waals surface area (Å²) in [6, 6.07) is 5.66. The lowest BCUT2D eigenvalue weighted by Crippen LogP contribution is -2.03. The van der Waals surface area contributed by atoms with Crippen LogP contribution in [0.5, 0.6) is 0 Å². The zero-order chi connectivity index (χ0) is 14.4. The molecule has 0 aliphatic carbocycles. The number of ether oxygens (including phenoxy) is 1. The van der Waals surface area contributed by atoms with Gasteiger partial charge in [-0.05, 0) is 29.7 Å². The van der Waals surface area contributed by atoms with Gasteiger partial charge in [0.2, 0.25) is 5.91 Å².